The summed E-state index contributed by atoms with van der Waals surface area (Å²) in [7, 11) is 0. The summed E-state index contributed by atoms with van der Waals surface area (Å²) in [5.74, 6) is 0.748. The van der Waals surface area contributed by atoms with E-state index in [4.69, 9.17) is 0 Å². The zero-order chi connectivity index (χ0) is 10.9. The lowest BCUT2D eigenvalue weighted by atomic mass is 9.81. The summed E-state index contributed by atoms with van der Waals surface area (Å²) in [6, 6.07) is 0. The summed E-state index contributed by atoms with van der Waals surface area (Å²) in [5, 5.41) is 2.81. The number of H-pyrrole nitrogens is 1. The van der Waals surface area contributed by atoms with Crippen LogP contribution in [0, 0.1) is 11.3 Å². The van der Waals surface area contributed by atoms with Crippen LogP contribution in [0.1, 0.15) is 33.1 Å². The fourth-order valence-corrected chi connectivity index (χ4v) is 2.35. The van der Waals surface area contributed by atoms with Gasteiger partial charge < -0.3 is 4.98 Å². The molecule has 1 aromatic heterocycles. The number of amides is 1. The highest BCUT2D eigenvalue weighted by molar-refractivity contribution is 5.91. The third-order valence-corrected chi connectivity index (χ3v) is 3.31. The highest BCUT2D eigenvalue weighted by Crippen LogP contribution is 2.42. The Morgan fingerprint density at radius 2 is 2.47 bits per heavy atom. The van der Waals surface area contributed by atoms with Crippen LogP contribution in [-0.4, -0.2) is 15.9 Å². The molecule has 1 atom stereocenters. The second-order valence-electron chi connectivity index (χ2n) is 4.86. The van der Waals surface area contributed by atoms with Gasteiger partial charge in [-0.25, -0.2) is 4.98 Å². The number of aromatic nitrogens is 2. The van der Waals surface area contributed by atoms with Crippen molar-refractivity contribution in [3.8, 4) is 0 Å². The van der Waals surface area contributed by atoms with Crippen molar-refractivity contribution in [3.05, 3.63) is 12.4 Å². The van der Waals surface area contributed by atoms with E-state index in [1.807, 2.05) is 0 Å². The second-order valence-corrected chi connectivity index (χ2v) is 4.86. The minimum atomic E-state index is 0.0902. The van der Waals surface area contributed by atoms with Crippen molar-refractivity contribution in [1.82, 2.24) is 9.97 Å². The largest absolute Gasteiger partial charge is 0.331 e. The van der Waals surface area contributed by atoms with Gasteiger partial charge in [-0.1, -0.05) is 20.3 Å². The third kappa shape index (κ3) is 2.03. The Bertz CT molecular complexity index is 343. The number of imidazole rings is 1. The second kappa shape index (κ2) is 3.68. The van der Waals surface area contributed by atoms with Crippen LogP contribution in [0.2, 0.25) is 0 Å². The molecule has 2 rings (SSSR count). The molecule has 0 spiro atoms. The molecular formula is C11H17N3O. The van der Waals surface area contributed by atoms with Crippen molar-refractivity contribution < 1.29 is 4.79 Å². The number of rotatable bonds is 2. The fourth-order valence-electron chi connectivity index (χ4n) is 2.35. The van der Waals surface area contributed by atoms with E-state index in [0.717, 1.165) is 19.3 Å². The van der Waals surface area contributed by atoms with Gasteiger partial charge in [-0.2, -0.15) is 0 Å². The lowest BCUT2D eigenvalue weighted by molar-refractivity contribution is -0.122. The standard InChI is InChI=1S/C11H17N3O/c1-11(2)5-3-4-8(11)9(15)14-10-12-6-7-13-10/h6-8H,3-5H2,1-2H3,(H2,12,13,14,15). The van der Waals surface area contributed by atoms with Gasteiger partial charge in [0.2, 0.25) is 11.9 Å². The number of carbonyl (C=O) groups is 1. The first kappa shape index (κ1) is 10.2. The molecule has 1 amide bonds. The number of aromatic amines is 1. The van der Waals surface area contributed by atoms with Crippen molar-refractivity contribution in [1.29, 1.82) is 0 Å². The molecule has 0 saturated heterocycles. The van der Waals surface area contributed by atoms with E-state index in [1.165, 1.54) is 0 Å². The maximum absolute atomic E-state index is 12.0. The summed E-state index contributed by atoms with van der Waals surface area (Å²) in [6.07, 6.45) is 6.59. The molecule has 2 N–H and O–H groups in total. The van der Waals surface area contributed by atoms with Crippen LogP contribution < -0.4 is 5.32 Å². The van der Waals surface area contributed by atoms with Crippen LogP contribution in [-0.2, 0) is 4.79 Å². The number of nitrogens with one attached hydrogen (secondary N) is 2. The third-order valence-electron chi connectivity index (χ3n) is 3.31. The minimum Gasteiger partial charge on any atom is -0.331 e. The normalized spacial score (nSPS) is 24.0. The number of hydrogen-bond donors (Lipinski definition) is 2. The van der Waals surface area contributed by atoms with Crippen molar-refractivity contribution >= 4 is 11.9 Å². The van der Waals surface area contributed by atoms with Gasteiger partial charge in [-0.15, -0.1) is 0 Å². The highest BCUT2D eigenvalue weighted by Gasteiger charge is 2.39. The maximum Gasteiger partial charge on any atom is 0.230 e. The molecule has 1 heterocycles. The van der Waals surface area contributed by atoms with Crippen LogP contribution >= 0.6 is 0 Å². The van der Waals surface area contributed by atoms with Gasteiger partial charge in [-0.3, -0.25) is 10.1 Å². The van der Waals surface area contributed by atoms with Crippen molar-refractivity contribution in [2.45, 2.75) is 33.1 Å². The molecule has 0 bridgehead atoms. The van der Waals surface area contributed by atoms with Gasteiger partial charge >= 0.3 is 0 Å². The molecule has 82 valence electrons. The quantitative estimate of drug-likeness (QED) is 0.780. The molecule has 1 unspecified atom stereocenters. The van der Waals surface area contributed by atoms with E-state index in [0.29, 0.717) is 5.95 Å². The summed E-state index contributed by atoms with van der Waals surface area (Å²) in [5.41, 5.74) is 0.122. The van der Waals surface area contributed by atoms with Crippen LogP contribution in [0.5, 0.6) is 0 Å². The zero-order valence-corrected chi connectivity index (χ0v) is 9.21. The smallest absolute Gasteiger partial charge is 0.230 e. The van der Waals surface area contributed by atoms with Crippen LogP contribution in [0.4, 0.5) is 5.95 Å². The van der Waals surface area contributed by atoms with Gasteiger partial charge in [-0.05, 0) is 18.3 Å². The topological polar surface area (TPSA) is 57.8 Å². The van der Waals surface area contributed by atoms with E-state index >= 15 is 0 Å². The van der Waals surface area contributed by atoms with Crippen LogP contribution in [0.15, 0.2) is 12.4 Å². The minimum absolute atomic E-state index is 0.0902. The Hall–Kier alpha value is -1.32. The summed E-state index contributed by atoms with van der Waals surface area (Å²) in [6.45, 7) is 4.32. The number of anilines is 1. The monoisotopic (exact) mass is 207 g/mol. The first-order valence-electron chi connectivity index (χ1n) is 5.40. The summed E-state index contributed by atoms with van der Waals surface area (Å²) >= 11 is 0. The van der Waals surface area contributed by atoms with E-state index in [2.05, 4.69) is 29.1 Å². The van der Waals surface area contributed by atoms with Gasteiger partial charge in [0.15, 0.2) is 0 Å². The molecule has 4 heteroatoms. The molecule has 0 aliphatic heterocycles. The Balaban J connectivity index is 2.02. The maximum atomic E-state index is 12.0. The predicted octanol–water partition coefficient (Wildman–Crippen LogP) is 2.17. The molecule has 15 heavy (non-hydrogen) atoms. The number of hydrogen-bond acceptors (Lipinski definition) is 2. The molecule has 0 aromatic carbocycles. The van der Waals surface area contributed by atoms with Gasteiger partial charge in [0.25, 0.3) is 0 Å². The summed E-state index contributed by atoms with van der Waals surface area (Å²) in [4.78, 5) is 18.8. The molecule has 0 radical (unpaired) electrons. The Morgan fingerprint density at radius 1 is 1.67 bits per heavy atom. The Kier molecular flexibility index (Phi) is 2.50. The van der Waals surface area contributed by atoms with Gasteiger partial charge in [0.05, 0.1) is 0 Å². The average molecular weight is 207 g/mol. The van der Waals surface area contributed by atoms with E-state index in [9.17, 15) is 4.79 Å². The molecule has 1 aromatic rings. The van der Waals surface area contributed by atoms with Gasteiger partial charge in [0.1, 0.15) is 0 Å². The lowest BCUT2D eigenvalue weighted by Gasteiger charge is -2.25. The zero-order valence-electron chi connectivity index (χ0n) is 9.21. The molecular weight excluding hydrogens is 190 g/mol. The summed E-state index contributed by atoms with van der Waals surface area (Å²) < 4.78 is 0. The molecule has 1 saturated carbocycles. The Labute approximate surface area is 89.5 Å². The van der Waals surface area contributed by atoms with E-state index in [1.54, 1.807) is 12.4 Å². The Morgan fingerprint density at radius 3 is 3.00 bits per heavy atom. The van der Waals surface area contributed by atoms with E-state index in [-0.39, 0.29) is 17.2 Å². The molecule has 1 aliphatic rings. The SMILES string of the molecule is CC1(C)CCCC1C(=O)Nc1ncc[nH]1. The average Bonchev–Trinajstić information content (AvgIpc) is 2.73. The fraction of sp³-hybridized carbons (Fsp3) is 0.636. The van der Waals surface area contributed by atoms with Crippen molar-refractivity contribution in [2.24, 2.45) is 11.3 Å². The lowest BCUT2D eigenvalue weighted by Crippen LogP contribution is -2.31. The molecule has 1 aliphatic carbocycles. The van der Waals surface area contributed by atoms with Crippen molar-refractivity contribution in [3.63, 3.8) is 0 Å². The van der Waals surface area contributed by atoms with Crippen molar-refractivity contribution in [2.75, 3.05) is 5.32 Å². The first-order valence-corrected chi connectivity index (χ1v) is 5.40. The highest BCUT2D eigenvalue weighted by atomic mass is 16.2. The van der Waals surface area contributed by atoms with Crippen LogP contribution in [0.25, 0.3) is 0 Å². The first-order chi connectivity index (χ1) is 7.09. The van der Waals surface area contributed by atoms with Gasteiger partial charge in [0, 0.05) is 18.3 Å². The molecule has 4 nitrogen and oxygen atoms in total. The number of carbonyl (C=O) groups excluding carboxylic acids is 1. The predicted molar refractivity (Wildman–Crippen MR) is 58.3 cm³/mol. The molecule has 1 fully saturated rings. The van der Waals surface area contributed by atoms with E-state index < -0.39 is 0 Å². The van der Waals surface area contributed by atoms with Crippen LogP contribution in [0.3, 0.4) is 0 Å². The number of nitrogens with zero attached hydrogens (tertiary/aromatic N) is 1.